The first-order valence-electron chi connectivity index (χ1n) is 7.33. The Morgan fingerprint density at radius 1 is 1.43 bits per heavy atom. The summed E-state index contributed by atoms with van der Waals surface area (Å²) in [6.07, 6.45) is 5.84. The highest BCUT2D eigenvalue weighted by Crippen LogP contribution is 2.48. The number of rotatable bonds is 2. The van der Waals surface area contributed by atoms with Gasteiger partial charge in [0.25, 0.3) is 0 Å². The summed E-state index contributed by atoms with van der Waals surface area (Å²) < 4.78 is 6.07. The zero-order valence-electron chi connectivity index (χ0n) is 12.3. The summed E-state index contributed by atoms with van der Waals surface area (Å²) >= 11 is 0. The van der Waals surface area contributed by atoms with Crippen molar-refractivity contribution in [3.05, 3.63) is 34.9 Å². The van der Waals surface area contributed by atoms with Crippen LogP contribution in [0.2, 0.25) is 0 Å². The van der Waals surface area contributed by atoms with Crippen LogP contribution in [0.15, 0.2) is 23.8 Å². The lowest BCUT2D eigenvalue weighted by Crippen LogP contribution is -2.40. The van der Waals surface area contributed by atoms with Crippen molar-refractivity contribution in [2.24, 2.45) is 5.92 Å². The summed E-state index contributed by atoms with van der Waals surface area (Å²) in [4.78, 5) is 11.3. The number of allylic oxidation sites excluding steroid dienone is 2. The minimum Gasteiger partial charge on any atom is -0.508 e. The second-order valence-electron chi connectivity index (χ2n) is 6.36. The van der Waals surface area contributed by atoms with Crippen LogP contribution in [0.25, 0.3) is 0 Å². The molecule has 3 rings (SSSR count). The molecule has 4 nitrogen and oxygen atoms in total. The second kappa shape index (κ2) is 4.79. The van der Waals surface area contributed by atoms with E-state index in [0.717, 1.165) is 19.3 Å². The summed E-state index contributed by atoms with van der Waals surface area (Å²) in [5.41, 5.74) is 1.72. The first-order valence-corrected chi connectivity index (χ1v) is 7.33. The standard InChI is InChI=1S/C17H20O4/c1-10-3-5-11(6-4-10)17(2)9-13-14(18)8-7-12(16(19)20)15(13)21-17/h3,7-8,11,18H,4-6,9H2,1-2H3,(H,19,20)/t11?,17-/m1/s1. The van der Waals surface area contributed by atoms with Crippen LogP contribution in [0.5, 0.6) is 11.5 Å². The van der Waals surface area contributed by atoms with Gasteiger partial charge in [0.2, 0.25) is 0 Å². The van der Waals surface area contributed by atoms with Crippen molar-refractivity contribution in [3.63, 3.8) is 0 Å². The Kier molecular flexibility index (Phi) is 3.19. The average molecular weight is 288 g/mol. The highest BCUT2D eigenvalue weighted by atomic mass is 16.5. The third-order valence-corrected chi connectivity index (χ3v) is 4.83. The van der Waals surface area contributed by atoms with Crippen LogP contribution in [-0.2, 0) is 6.42 Å². The molecule has 1 aromatic rings. The van der Waals surface area contributed by atoms with Crippen molar-refractivity contribution < 1.29 is 19.7 Å². The lowest BCUT2D eigenvalue weighted by atomic mass is 9.76. The van der Waals surface area contributed by atoms with E-state index in [9.17, 15) is 15.0 Å². The summed E-state index contributed by atoms with van der Waals surface area (Å²) in [5.74, 6) is -0.206. The molecule has 0 saturated carbocycles. The molecule has 2 aliphatic rings. The average Bonchev–Trinajstić information content (AvgIpc) is 2.79. The summed E-state index contributed by atoms with van der Waals surface area (Å²) in [7, 11) is 0. The fourth-order valence-electron chi connectivity index (χ4n) is 3.44. The zero-order chi connectivity index (χ0) is 15.2. The molecule has 21 heavy (non-hydrogen) atoms. The number of phenolic OH excluding ortho intramolecular Hbond substituents is 1. The van der Waals surface area contributed by atoms with Crippen molar-refractivity contribution in [1.82, 2.24) is 0 Å². The van der Waals surface area contributed by atoms with Gasteiger partial charge in [0.05, 0.1) is 0 Å². The molecule has 112 valence electrons. The van der Waals surface area contributed by atoms with E-state index in [0.29, 0.717) is 23.7 Å². The highest BCUT2D eigenvalue weighted by Gasteiger charge is 2.44. The van der Waals surface area contributed by atoms with E-state index in [2.05, 4.69) is 13.0 Å². The first kappa shape index (κ1) is 14.0. The molecule has 1 unspecified atom stereocenters. The predicted molar refractivity (Wildman–Crippen MR) is 78.9 cm³/mol. The molecule has 1 aliphatic carbocycles. The van der Waals surface area contributed by atoms with Crippen molar-refractivity contribution in [1.29, 1.82) is 0 Å². The number of aromatic hydroxyl groups is 1. The minimum atomic E-state index is -1.02. The lowest BCUT2D eigenvalue weighted by Gasteiger charge is -2.35. The topological polar surface area (TPSA) is 66.8 Å². The van der Waals surface area contributed by atoms with Gasteiger partial charge in [-0.25, -0.2) is 4.79 Å². The molecule has 0 bridgehead atoms. The van der Waals surface area contributed by atoms with Crippen LogP contribution < -0.4 is 4.74 Å². The Morgan fingerprint density at radius 2 is 2.19 bits per heavy atom. The van der Waals surface area contributed by atoms with E-state index in [1.807, 2.05) is 6.92 Å². The molecule has 0 aromatic heterocycles. The summed E-state index contributed by atoms with van der Waals surface area (Å²) in [5, 5.41) is 19.3. The van der Waals surface area contributed by atoms with Gasteiger partial charge in [-0.3, -0.25) is 0 Å². The number of hydrogen-bond acceptors (Lipinski definition) is 3. The van der Waals surface area contributed by atoms with Crippen molar-refractivity contribution in [2.75, 3.05) is 0 Å². The number of benzene rings is 1. The van der Waals surface area contributed by atoms with Crippen LogP contribution in [-0.4, -0.2) is 21.8 Å². The fraction of sp³-hybridized carbons (Fsp3) is 0.471. The van der Waals surface area contributed by atoms with Gasteiger partial charge in [-0.05, 0) is 45.2 Å². The molecule has 1 heterocycles. The Hall–Kier alpha value is -1.97. The van der Waals surface area contributed by atoms with E-state index in [1.165, 1.54) is 17.7 Å². The molecule has 0 saturated heterocycles. The van der Waals surface area contributed by atoms with Crippen LogP contribution in [0.1, 0.15) is 49.0 Å². The Morgan fingerprint density at radius 3 is 2.81 bits per heavy atom. The molecule has 0 fully saturated rings. The molecule has 2 N–H and O–H groups in total. The maximum Gasteiger partial charge on any atom is 0.339 e. The van der Waals surface area contributed by atoms with E-state index >= 15 is 0 Å². The van der Waals surface area contributed by atoms with Crippen LogP contribution in [0.4, 0.5) is 0 Å². The Bertz CT molecular complexity index is 632. The number of aromatic carboxylic acids is 1. The lowest BCUT2D eigenvalue weighted by molar-refractivity contribution is 0.0400. The molecule has 4 heteroatoms. The molecular formula is C17H20O4. The van der Waals surface area contributed by atoms with Gasteiger partial charge in [-0.15, -0.1) is 0 Å². The number of ether oxygens (including phenoxy) is 1. The van der Waals surface area contributed by atoms with Gasteiger partial charge < -0.3 is 14.9 Å². The van der Waals surface area contributed by atoms with Gasteiger partial charge >= 0.3 is 5.97 Å². The molecule has 0 amide bonds. The third-order valence-electron chi connectivity index (χ3n) is 4.83. The predicted octanol–water partition coefficient (Wildman–Crippen LogP) is 3.53. The smallest absolute Gasteiger partial charge is 0.339 e. The van der Waals surface area contributed by atoms with Gasteiger partial charge in [-0.2, -0.15) is 0 Å². The summed E-state index contributed by atoms with van der Waals surface area (Å²) in [6, 6.07) is 2.86. The normalized spacial score (nSPS) is 27.7. The van der Waals surface area contributed by atoms with Crippen LogP contribution >= 0.6 is 0 Å². The number of carbonyl (C=O) groups is 1. The number of carboxylic acids is 1. The highest BCUT2D eigenvalue weighted by molar-refractivity contribution is 5.92. The van der Waals surface area contributed by atoms with E-state index in [4.69, 9.17) is 4.74 Å². The van der Waals surface area contributed by atoms with E-state index < -0.39 is 11.6 Å². The minimum absolute atomic E-state index is 0.126. The van der Waals surface area contributed by atoms with Crippen LogP contribution in [0, 0.1) is 5.92 Å². The number of fused-ring (bicyclic) bond motifs is 1. The van der Waals surface area contributed by atoms with Crippen LogP contribution in [0.3, 0.4) is 0 Å². The molecular weight excluding hydrogens is 268 g/mol. The second-order valence-corrected chi connectivity index (χ2v) is 6.36. The fourth-order valence-corrected chi connectivity index (χ4v) is 3.44. The molecule has 1 aliphatic heterocycles. The number of carboxylic acid groups (broad SMARTS) is 1. The molecule has 1 aromatic carbocycles. The summed E-state index contributed by atoms with van der Waals surface area (Å²) in [6.45, 7) is 4.16. The molecule has 0 spiro atoms. The SMILES string of the molecule is CC1=CCC([C@@]2(C)Cc3c(O)ccc(C(=O)O)c3O2)CC1. The third kappa shape index (κ3) is 2.28. The van der Waals surface area contributed by atoms with Gasteiger partial charge in [-0.1, -0.05) is 11.6 Å². The first-order chi connectivity index (χ1) is 9.90. The quantitative estimate of drug-likeness (QED) is 0.817. The van der Waals surface area contributed by atoms with Crippen molar-refractivity contribution in [3.8, 4) is 11.5 Å². The largest absolute Gasteiger partial charge is 0.508 e. The maximum absolute atomic E-state index is 11.3. The Labute approximate surface area is 124 Å². The monoisotopic (exact) mass is 288 g/mol. The van der Waals surface area contributed by atoms with Gasteiger partial charge in [0.1, 0.15) is 22.7 Å². The number of phenols is 1. The molecule has 0 radical (unpaired) electrons. The maximum atomic E-state index is 11.3. The van der Waals surface area contributed by atoms with E-state index in [1.54, 1.807) is 0 Å². The van der Waals surface area contributed by atoms with Gasteiger partial charge in [0.15, 0.2) is 0 Å². The van der Waals surface area contributed by atoms with Crippen molar-refractivity contribution in [2.45, 2.75) is 45.1 Å². The Balaban J connectivity index is 1.95. The van der Waals surface area contributed by atoms with Crippen molar-refractivity contribution >= 4 is 5.97 Å². The number of hydrogen-bond donors (Lipinski definition) is 2. The molecule has 2 atom stereocenters. The zero-order valence-corrected chi connectivity index (χ0v) is 12.3. The van der Waals surface area contributed by atoms with Gasteiger partial charge in [0, 0.05) is 17.9 Å². The van der Waals surface area contributed by atoms with E-state index in [-0.39, 0.29) is 11.3 Å².